The van der Waals surface area contributed by atoms with Gasteiger partial charge in [-0.05, 0) is 33.0 Å². The van der Waals surface area contributed by atoms with Crippen molar-refractivity contribution in [3.8, 4) is 0 Å². The molecule has 0 fully saturated rings. The van der Waals surface area contributed by atoms with Crippen LogP contribution in [0.5, 0.6) is 0 Å². The number of benzene rings is 4. The summed E-state index contributed by atoms with van der Waals surface area (Å²) in [5, 5.41) is 21.3. The van der Waals surface area contributed by atoms with E-state index in [0.29, 0.717) is 13.2 Å². The SMILES string of the molecule is OB(c1ccccc1)c1ccc(COCc2ccccc2B(O)c2ccccc2)cc1. The molecule has 2 N–H and O–H groups in total. The molecule has 0 bridgehead atoms. The molecule has 0 saturated heterocycles. The highest BCUT2D eigenvalue weighted by Gasteiger charge is 2.20. The van der Waals surface area contributed by atoms with Crippen molar-refractivity contribution in [1.82, 2.24) is 0 Å². The average molecular weight is 406 g/mol. The summed E-state index contributed by atoms with van der Waals surface area (Å²) in [5.74, 6) is 0. The van der Waals surface area contributed by atoms with Gasteiger partial charge in [-0.15, -0.1) is 0 Å². The molecule has 0 aliphatic carbocycles. The van der Waals surface area contributed by atoms with E-state index in [4.69, 9.17) is 4.74 Å². The zero-order valence-corrected chi connectivity index (χ0v) is 17.3. The van der Waals surface area contributed by atoms with E-state index in [1.807, 2.05) is 109 Å². The van der Waals surface area contributed by atoms with Crippen molar-refractivity contribution in [1.29, 1.82) is 0 Å². The third kappa shape index (κ3) is 5.33. The third-order valence-corrected chi connectivity index (χ3v) is 5.40. The summed E-state index contributed by atoms with van der Waals surface area (Å²) >= 11 is 0. The molecule has 4 aromatic rings. The van der Waals surface area contributed by atoms with Crippen LogP contribution in [0.1, 0.15) is 11.1 Å². The summed E-state index contributed by atoms with van der Waals surface area (Å²) in [6.45, 7) is -0.450. The Morgan fingerprint density at radius 1 is 0.516 bits per heavy atom. The molecule has 0 aliphatic rings. The Morgan fingerprint density at radius 3 is 1.68 bits per heavy atom. The Labute approximate surface area is 184 Å². The summed E-state index contributed by atoms with van der Waals surface area (Å²) in [7, 11) is 0. The van der Waals surface area contributed by atoms with Crippen molar-refractivity contribution in [3.63, 3.8) is 0 Å². The van der Waals surface area contributed by atoms with Gasteiger partial charge in [0.1, 0.15) is 0 Å². The lowest BCUT2D eigenvalue weighted by Gasteiger charge is -2.14. The van der Waals surface area contributed by atoms with Crippen LogP contribution in [0.15, 0.2) is 109 Å². The van der Waals surface area contributed by atoms with E-state index in [9.17, 15) is 10.0 Å². The van der Waals surface area contributed by atoms with Crippen molar-refractivity contribution in [3.05, 3.63) is 120 Å². The van der Waals surface area contributed by atoms with Gasteiger partial charge in [0.15, 0.2) is 0 Å². The fourth-order valence-electron chi connectivity index (χ4n) is 3.65. The van der Waals surface area contributed by atoms with Gasteiger partial charge < -0.3 is 14.8 Å². The first-order chi connectivity index (χ1) is 15.2. The molecular weight excluding hydrogens is 382 g/mol. The highest BCUT2D eigenvalue weighted by Crippen LogP contribution is 2.06. The van der Waals surface area contributed by atoms with Gasteiger partial charge >= 0.3 is 13.8 Å². The van der Waals surface area contributed by atoms with Crippen LogP contribution >= 0.6 is 0 Å². The van der Waals surface area contributed by atoms with Crippen LogP contribution in [-0.2, 0) is 18.0 Å². The monoisotopic (exact) mass is 406 g/mol. The molecule has 0 atom stereocenters. The van der Waals surface area contributed by atoms with Crippen molar-refractivity contribution in [2.24, 2.45) is 0 Å². The van der Waals surface area contributed by atoms with Gasteiger partial charge in [0, 0.05) is 0 Å². The Bertz CT molecular complexity index is 1090. The zero-order chi connectivity index (χ0) is 21.5. The quantitative estimate of drug-likeness (QED) is 0.438. The molecule has 0 spiro atoms. The Hall–Kier alpha value is -3.11. The van der Waals surface area contributed by atoms with Crippen LogP contribution in [0.3, 0.4) is 0 Å². The van der Waals surface area contributed by atoms with Crippen molar-refractivity contribution in [2.75, 3.05) is 0 Å². The second kappa shape index (κ2) is 10.3. The van der Waals surface area contributed by atoms with E-state index in [1.165, 1.54) is 0 Å². The van der Waals surface area contributed by atoms with Gasteiger partial charge in [-0.1, -0.05) is 109 Å². The molecule has 152 valence electrons. The molecule has 0 aromatic heterocycles. The van der Waals surface area contributed by atoms with E-state index >= 15 is 0 Å². The highest BCUT2D eigenvalue weighted by molar-refractivity contribution is 6.79. The molecule has 0 unspecified atom stereocenters. The number of hydrogen-bond donors (Lipinski definition) is 2. The van der Waals surface area contributed by atoms with Gasteiger partial charge in [0.2, 0.25) is 0 Å². The molecule has 0 radical (unpaired) electrons. The van der Waals surface area contributed by atoms with Gasteiger partial charge in [-0.25, -0.2) is 0 Å². The topological polar surface area (TPSA) is 49.7 Å². The first kappa shape index (κ1) is 21.1. The first-order valence-corrected chi connectivity index (χ1v) is 10.4. The zero-order valence-electron chi connectivity index (χ0n) is 17.3. The second-order valence-corrected chi connectivity index (χ2v) is 7.56. The molecule has 3 nitrogen and oxygen atoms in total. The van der Waals surface area contributed by atoms with Gasteiger partial charge in [-0.3, -0.25) is 0 Å². The summed E-state index contributed by atoms with van der Waals surface area (Å²) in [5.41, 5.74) is 5.45. The predicted octanol–water partition coefficient (Wildman–Crippen LogP) is 1.60. The van der Waals surface area contributed by atoms with Crippen LogP contribution < -0.4 is 21.9 Å². The summed E-state index contributed by atoms with van der Waals surface area (Å²) in [6.07, 6.45) is 0. The van der Waals surface area contributed by atoms with Gasteiger partial charge in [0.25, 0.3) is 0 Å². The van der Waals surface area contributed by atoms with E-state index in [-0.39, 0.29) is 0 Å². The molecule has 0 saturated carbocycles. The number of rotatable bonds is 8. The van der Waals surface area contributed by atoms with Gasteiger partial charge in [-0.2, -0.15) is 0 Å². The van der Waals surface area contributed by atoms with E-state index in [0.717, 1.165) is 33.0 Å². The number of ether oxygens (including phenoxy) is 1. The standard InChI is InChI=1S/C26H24B2O3/c29-27(23-10-3-1-4-11-23)25-17-15-21(16-18-25)19-31-20-22-9-7-8-14-26(22)28(30)24-12-5-2-6-13-24/h1-18,29-30H,19-20H2. The van der Waals surface area contributed by atoms with E-state index in [2.05, 4.69) is 0 Å². The maximum Gasteiger partial charge on any atom is 0.359 e. The summed E-state index contributed by atoms with van der Waals surface area (Å²) in [6, 6.07) is 34.9. The minimum absolute atomic E-state index is 0.411. The molecule has 4 aromatic carbocycles. The Kier molecular flexibility index (Phi) is 7.00. The highest BCUT2D eigenvalue weighted by atomic mass is 16.5. The Morgan fingerprint density at radius 2 is 1.03 bits per heavy atom. The minimum Gasteiger partial charge on any atom is -0.443 e. The second-order valence-electron chi connectivity index (χ2n) is 7.56. The molecule has 5 heteroatoms. The van der Waals surface area contributed by atoms with Crippen LogP contribution in [-0.4, -0.2) is 23.9 Å². The van der Waals surface area contributed by atoms with E-state index in [1.54, 1.807) is 0 Å². The lowest BCUT2D eigenvalue weighted by atomic mass is 9.55. The third-order valence-electron chi connectivity index (χ3n) is 5.40. The van der Waals surface area contributed by atoms with Crippen LogP contribution in [0, 0.1) is 0 Å². The maximum atomic E-state index is 10.8. The molecule has 31 heavy (non-hydrogen) atoms. The normalized spacial score (nSPS) is 10.6. The van der Waals surface area contributed by atoms with Gasteiger partial charge in [0.05, 0.1) is 13.2 Å². The maximum absolute atomic E-state index is 10.8. The molecular formula is C26H24B2O3. The lowest BCUT2D eigenvalue weighted by Crippen LogP contribution is -2.44. The van der Waals surface area contributed by atoms with E-state index < -0.39 is 13.8 Å². The smallest absolute Gasteiger partial charge is 0.359 e. The predicted molar refractivity (Wildman–Crippen MR) is 129 cm³/mol. The molecule has 0 heterocycles. The van der Waals surface area contributed by atoms with Crippen molar-refractivity contribution in [2.45, 2.75) is 13.2 Å². The Balaban J connectivity index is 1.38. The minimum atomic E-state index is -0.681. The largest absolute Gasteiger partial charge is 0.443 e. The first-order valence-electron chi connectivity index (χ1n) is 10.4. The number of hydrogen-bond acceptors (Lipinski definition) is 3. The lowest BCUT2D eigenvalue weighted by molar-refractivity contribution is 0.107. The van der Waals surface area contributed by atoms with Crippen LogP contribution in [0.25, 0.3) is 0 Å². The van der Waals surface area contributed by atoms with Crippen LogP contribution in [0.4, 0.5) is 0 Å². The average Bonchev–Trinajstić information content (AvgIpc) is 2.85. The fourth-order valence-corrected chi connectivity index (χ4v) is 3.65. The fraction of sp³-hybridized carbons (Fsp3) is 0.0769. The van der Waals surface area contributed by atoms with Crippen LogP contribution in [0.2, 0.25) is 0 Å². The van der Waals surface area contributed by atoms with Crippen molar-refractivity contribution >= 4 is 35.7 Å². The summed E-state index contributed by atoms with van der Waals surface area (Å²) < 4.78 is 5.94. The van der Waals surface area contributed by atoms with Crippen molar-refractivity contribution < 1.29 is 14.8 Å². The molecule has 0 aliphatic heterocycles. The molecule has 4 rings (SSSR count). The summed E-state index contributed by atoms with van der Waals surface area (Å²) in [4.78, 5) is 0. The molecule has 0 amide bonds.